The van der Waals surface area contributed by atoms with E-state index in [0.29, 0.717) is 6.42 Å². The fourth-order valence-corrected chi connectivity index (χ4v) is 3.92. The first kappa shape index (κ1) is 16.0. The minimum Gasteiger partial charge on any atom is -0.496 e. The lowest BCUT2D eigenvalue weighted by atomic mass is 10.0. The Morgan fingerprint density at radius 3 is 3.04 bits per heavy atom. The lowest BCUT2D eigenvalue weighted by molar-refractivity contribution is -0.134. The Morgan fingerprint density at radius 1 is 1.43 bits per heavy atom. The summed E-state index contributed by atoms with van der Waals surface area (Å²) in [5.74, 6) is 1.02. The van der Waals surface area contributed by atoms with Gasteiger partial charge in [0.15, 0.2) is 0 Å². The van der Waals surface area contributed by atoms with E-state index >= 15 is 0 Å². The molecule has 0 aliphatic carbocycles. The van der Waals surface area contributed by atoms with Crippen LogP contribution in [-0.4, -0.2) is 29.4 Å². The second kappa shape index (κ2) is 7.13. The van der Waals surface area contributed by atoms with Gasteiger partial charge >= 0.3 is 0 Å². The van der Waals surface area contributed by atoms with Crippen LogP contribution in [0.1, 0.15) is 41.4 Å². The molecule has 0 bridgehead atoms. The number of carbonyl (C=O) groups is 1. The number of nitrogens with zero attached hydrogens (tertiary/aromatic N) is 2. The monoisotopic (exact) mass is 330 g/mol. The van der Waals surface area contributed by atoms with Gasteiger partial charge in [-0.1, -0.05) is 12.1 Å². The van der Waals surface area contributed by atoms with E-state index in [1.807, 2.05) is 41.6 Å². The van der Waals surface area contributed by atoms with E-state index in [1.54, 1.807) is 18.4 Å². The number of ether oxygens (including phenoxy) is 1. The summed E-state index contributed by atoms with van der Waals surface area (Å²) in [5, 5.41) is 3.04. The molecule has 1 fully saturated rings. The van der Waals surface area contributed by atoms with Crippen molar-refractivity contribution in [2.75, 3.05) is 13.7 Å². The molecule has 1 saturated heterocycles. The minimum atomic E-state index is 0.142. The van der Waals surface area contributed by atoms with Crippen molar-refractivity contribution < 1.29 is 9.53 Å². The fourth-order valence-electron chi connectivity index (χ4n) is 3.14. The highest BCUT2D eigenvalue weighted by atomic mass is 32.1. The SMILES string of the molecule is COc1cc(CC(=O)N2CCCCC2c2nccs2)ccc1C. The van der Waals surface area contributed by atoms with Crippen LogP contribution in [0.4, 0.5) is 0 Å². The van der Waals surface area contributed by atoms with E-state index in [1.165, 1.54) is 0 Å². The second-order valence-corrected chi connectivity index (χ2v) is 6.88. The highest BCUT2D eigenvalue weighted by molar-refractivity contribution is 7.09. The average molecular weight is 330 g/mol. The van der Waals surface area contributed by atoms with E-state index in [-0.39, 0.29) is 11.9 Å². The Balaban J connectivity index is 1.76. The number of likely N-dealkylation sites (tertiary alicyclic amines) is 1. The minimum absolute atomic E-state index is 0.142. The van der Waals surface area contributed by atoms with Gasteiger partial charge < -0.3 is 9.64 Å². The zero-order chi connectivity index (χ0) is 16.2. The van der Waals surface area contributed by atoms with Crippen LogP contribution in [0, 0.1) is 6.92 Å². The predicted molar refractivity (Wildman–Crippen MR) is 91.9 cm³/mol. The molecular formula is C18H22N2O2S. The molecule has 1 aromatic heterocycles. The van der Waals surface area contributed by atoms with E-state index < -0.39 is 0 Å². The van der Waals surface area contributed by atoms with Crippen LogP contribution < -0.4 is 4.74 Å². The van der Waals surface area contributed by atoms with Crippen molar-refractivity contribution in [3.8, 4) is 5.75 Å². The molecule has 2 aromatic rings. The quantitative estimate of drug-likeness (QED) is 0.857. The highest BCUT2D eigenvalue weighted by Crippen LogP contribution is 2.32. The summed E-state index contributed by atoms with van der Waals surface area (Å²) in [6.07, 6.45) is 5.48. The van der Waals surface area contributed by atoms with Crippen LogP contribution in [0.15, 0.2) is 29.8 Å². The van der Waals surface area contributed by atoms with Gasteiger partial charge in [-0.15, -0.1) is 11.3 Å². The predicted octanol–water partition coefficient (Wildman–Crippen LogP) is 3.76. The molecule has 23 heavy (non-hydrogen) atoms. The Kier molecular flexibility index (Phi) is 4.96. The third kappa shape index (κ3) is 3.55. The van der Waals surface area contributed by atoms with Crippen LogP contribution in [0.25, 0.3) is 0 Å². The van der Waals surface area contributed by atoms with Crippen molar-refractivity contribution in [1.29, 1.82) is 0 Å². The molecule has 0 radical (unpaired) electrons. The summed E-state index contributed by atoms with van der Waals surface area (Å²) < 4.78 is 5.36. The van der Waals surface area contributed by atoms with Gasteiger partial charge in [-0.25, -0.2) is 4.98 Å². The number of amides is 1. The topological polar surface area (TPSA) is 42.4 Å². The number of rotatable bonds is 4. The number of benzene rings is 1. The maximum absolute atomic E-state index is 12.8. The van der Waals surface area contributed by atoms with Gasteiger partial charge in [0, 0.05) is 18.1 Å². The van der Waals surface area contributed by atoms with Crippen molar-refractivity contribution in [3.63, 3.8) is 0 Å². The van der Waals surface area contributed by atoms with Crippen molar-refractivity contribution in [2.45, 2.75) is 38.6 Å². The summed E-state index contributed by atoms with van der Waals surface area (Å²) in [6.45, 7) is 2.83. The summed E-state index contributed by atoms with van der Waals surface area (Å²) >= 11 is 1.64. The highest BCUT2D eigenvalue weighted by Gasteiger charge is 2.29. The molecule has 3 rings (SSSR count). The molecule has 0 saturated carbocycles. The van der Waals surface area contributed by atoms with Gasteiger partial charge in [0.2, 0.25) is 5.91 Å². The Morgan fingerprint density at radius 2 is 2.30 bits per heavy atom. The summed E-state index contributed by atoms with van der Waals surface area (Å²) in [7, 11) is 1.66. The third-order valence-corrected chi connectivity index (χ3v) is 5.26. The van der Waals surface area contributed by atoms with Crippen LogP contribution in [0.3, 0.4) is 0 Å². The van der Waals surface area contributed by atoms with E-state index in [9.17, 15) is 4.79 Å². The van der Waals surface area contributed by atoms with Crippen LogP contribution in [0.2, 0.25) is 0 Å². The van der Waals surface area contributed by atoms with Gasteiger partial charge in [-0.05, 0) is 43.4 Å². The van der Waals surface area contributed by atoms with E-state index in [0.717, 1.165) is 47.7 Å². The summed E-state index contributed by atoms with van der Waals surface area (Å²) in [5.41, 5.74) is 2.09. The fraction of sp³-hybridized carbons (Fsp3) is 0.444. The maximum Gasteiger partial charge on any atom is 0.227 e. The molecular weight excluding hydrogens is 308 g/mol. The van der Waals surface area contributed by atoms with E-state index in [2.05, 4.69) is 4.98 Å². The molecule has 1 aliphatic heterocycles. The van der Waals surface area contributed by atoms with Crippen LogP contribution >= 0.6 is 11.3 Å². The Labute approximate surface area is 141 Å². The van der Waals surface area contributed by atoms with E-state index in [4.69, 9.17) is 4.74 Å². The number of hydrogen-bond acceptors (Lipinski definition) is 4. The molecule has 1 aromatic carbocycles. The Bertz CT molecular complexity index is 670. The lowest BCUT2D eigenvalue weighted by Crippen LogP contribution is -2.39. The molecule has 5 heteroatoms. The van der Waals surface area contributed by atoms with Crippen molar-refractivity contribution in [1.82, 2.24) is 9.88 Å². The largest absolute Gasteiger partial charge is 0.496 e. The van der Waals surface area contributed by atoms with Gasteiger partial charge in [0.1, 0.15) is 10.8 Å². The first-order valence-corrected chi connectivity index (χ1v) is 8.89. The van der Waals surface area contributed by atoms with Crippen molar-refractivity contribution >= 4 is 17.2 Å². The number of aromatic nitrogens is 1. The number of piperidine rings is 1. The number of aryl methyl sites for hydroxylation is 1. The van der Waals surface area contributed by atoms with Gasteiger partial charge in [-0.2, -0.15) is 0 Å². The molecule has 1 unspecified atom stereocenters. The summed E-state index contributed by atoms with van der Waals surface area (Å²) in [4.78, 5) is 19.3. The zero-order valence-corrected chi connectivity index (χ0v) is 14.4. The van der Waals surface area contributed by atoms with Crippen molar-refractivity contribution in [2.24, 2.45) is 0 Å². The molecule has 122 valence electrons. The van der Waals surface area contributed by atoms with Crippen LogP contribution in [-0.2, 0) is 11.2 Å². The molecule has 2 heterocycles. The standard InChI is InChI=1S/C18H22N2O2S/c1-13-6-7-14(11-16(13)22-2)12-17(21)20-9-4-3-5-15(20)18-19-8-10-23-18/h6-8,10-11,15H,3-5,9,12H2,1-2H3. The second-order valence-electron chi connectivity index (χ2n) is 5.95. The number of thiazole rings is 1. The first-order chi connectivity index (χ1) is 11.2. The van der Waals surface area contributed by atoms with Crippen molar-refractivity contribution in [3.05, 3.63) is 45.9 Å². The number of methoxy groups -OCH3 is 1. The molecule has 1 atom stereocenters. The number of hydrogen-bond donors (Lipinski definition) is 0. The van der Waals surface area contributed by atoms with Crippen LogP contribution in [0.5, 0.6) is 5.75 Å². The molecule has 0 spiro atoms. The molecule has 4 nitrogen and oxygen atoms in total. The smallest absolute Gasteiger partial charge is 0.227 e. The number of carbonyl (C=O) groups excluding carboxylic acids is 1. The maximum atomic E-state index is 12.8. The molecule has 1 amide bonds. The average Bonchev–Trinajstić information content (AvgIpc) is 3.11. The van der Waals surface area contributed by atoms with Gasteiger partial charge in [0.05, 0.1) is 19.6 Å². The van der Waals surface area contributed by atoms with Gasteiger partial charge in [0.25, 0.3) is 0 Å². The zero-order valence-electron chi connectivity index (χ0n) is 13.6. The third-order valence-electron chi connectivity index (χ3n) is 4.39. The lowest BCUT2D eigenvalue weighted by Gasteiger charge is -2.34. The van der Waals surface area contributed by atoms with Gasteiger partial charge in [-0.3, -0.25) is 4.79 Å². The first-order valence-electron chi connectivity index (χ1n) is 8.01. The summed E-state index contributed by atoms with van der Waals surface area (Å²) in [6, 6.07) is 6.13. The Hall–Kier alpha value is -1.88. The molecule has 0 N–H and O–H groups in total. The molecule has 1 aliphatic rings. The normalized spacial score (nSPS) is 18.0.